The van der Waals surface area contributed by atoms with E-state index in [4.69, 9.17) is 5.41 Å². The van der Waals surface area contributed by atoms with Crippen molar-refractivity contribution >= 4 is 17.8 Å². The zero-order valence-corrected chi connectivity index (χ0v) is 8.91. The van der Waals surface area contributed by atoms with Gasteiger partial charge in [-0.1, -0.05) is 25.1 Å². The minimum atomic E-state index is -0.415. The number of hydrogen-bond acceptors (Lipinski definition) is 3. The number of guanidine groups is 1. The zero-order valence-electron chi connectivity index (χ0n) is 8.91. The molecule has 0 radical (unpaired) electrons. The van der Waals surface area contributed by atoms with Crippen molar-refractivity contribution in [3.8, 4) is 0 Å². The van der Waals surface area contributed by atoms with Gasteiger partial charge in [-0.3, -0.25) is 25.6 Å². The number of nitrogens with one attached hydrogen (secondary N) is 3. The van der Waals surface area contributed by atoms with Crippen molar-refractivity contribution < 1.29 is 9.59 Å². The van der Waals surface area contributed by atoms with Crippen LogP contribution < -0.4 is 10.6 Å². The molecule has 1 aromatic carbocycles. The molecule has 84 valence electrons. The van der Waals surface area contributed by atoms with Crippen LogP contribution in [0.25, 0.3) is 0 Å². The number of carbonyl (C=O) groups excluding carboxylic acids is 2. The highest BCUT2D eigenvalue weighted by molar-refractivity contribution is 6.08. The molecule has 0 aliphatic rings. The van der Waals surface area contributed by atoms with Crippen molar-refractivity contribution in [3.05, 3.63) is 35.9 Å². The summed E-state index contributed by atoms with van der Waals surface area (Å²) < 4.78 is 0. The summed E-state index contributed by atoms with van der Waals surface area (Å²) in [5, 5.41) is 11.9. The molecule has 0 aliphatic carbocycles. The summed E-state index contributed by atoms with van der Waals surface area (Å²) in [5.41, 5.74) is 0.443. The van der Waals surface area contributed by atoms with Gasteiger partial charge < -0.3 is 0 Å². The smallest absolute Gasteiger partial charge is 0.257 e. The van der Waals surface area contributed by atoms with Crippen molar-refractivity contribution in [1.29, 1.82) is 5.41 Å². The lowest BCUT2D eigenvalue weighted by Crippen LogP contribution is -2.42. The van der Waals surface area contributed by atoms with Gasteiger partial charge in [-0.25, -0.2) is 0 Å². The maximum atomic E-state index is 11.5. The van der Waals surface area contributed by atoms with Crippen LogP contribution in [0.1, 0.15) is 23.7 Å². The van der Waals surface area contributed by atoms with Crippen molar-refractivity contribution in [2.45, 2.75) is 13.3 Å². The van der Waals surface area contributed by atoms with E-state index in [1.807, 2.05) is 0 Å². The molecule has 0 bridgehead atoms. The molecule has 16 heavy (non-hydrogen) atoms. The van der Waals surface area contributed by atoms with Gasteiger partial charge in [0.1, 0.15) is 0 Å². The van der Waals surface area contributed by atoms with Crippen LogP contribution in [0.15, 0.2) is 30.3 Å². The second-order valence-electron chi connectivity index (χ2n) is 3.10. The minimum Gasteiger partial charge on any atom is -0.297 e. The van der Waals surface area contributed by atoms with Crippen LogP contribution in [0.3, 0.4) is 0 Å². The zero-order chi connectivity index (χ0) is 12.0. The monoisotopic (exact) mass is 219 g/mol. The fraction of sp³-hybridized carbons (Fsp3) is 0.182. The Morgan fingerprint density at radius 2 is 1.81 bits per heavy atom. The van der Waals surface area contributed by atoms with Gasteiger partial charge in [0.25, 0.3) is 5.91 Å². The summed E-state index contributed by atoms with van der Waals surface area (Å²) in [6.07, 6.45) is 0.267. The molecule has 5 heteroatoms. The fourth-order valence-electron chi connectivity index (χ4n) is 1.03. The van der Waals surface area contributed by atoms with Gasteiger partial charge in [-0.2, -0.15) is 0 Å². The third-order valence-corrected chi connectivity index (χ3v) is 1.86. The van der Waals surface area contributed by atoms with Crippen LogP contribution in [0.5, 0.6) is 0 Å². The van der Waals surface area contributed by atoms with Gasteiger partial charge in [0.05, 0.1) is 0 Å². The lowest BCUT2D eigenvalue weighted by molar-refractivity contribution is -0.119. The Bertz CT molecular complexity index is 401. The highest BCUT2D eigenvalue weighted by atomic mass is 16.2. The third kappa shape index (κ3) is 3.53. The Morgan fingerprint density at radius 3 is 2.38 bits per heavy atom. The molecule has 3 N–H and O–H groups in total. The van der Waals surface area contributed by atoms with Crippen molar-refractivity contribution in [3.63, 3.8) is 0 Å². The molecule has 0 spiro atoms. The van der Waals surface area contributed by atoms with E-state index in [9.17, 15) is 9.59 Å². The summed E-state index contributed by atoms with van der Waals surface area (Å²) in [6.45, 7) is 1.67. The first-order valence-corrected chi connectivity index (χ1v) is 4.88. The first-order chi connectivity index (χ1) is 7.63. The molecule has 0 unspecified atom stereocenters. The summed E-state index contributed by atoms with van der Waals surface area (Å²) in [4.78, 5) is 22.5. The van der Waals surface area contributed by atoms with E-state index in [-0.39, 0.29) is 18.3 Å². The maximum Gasteiger partial charge on any atom is 0.257 e. The Hall–Kier alpha value is -2.17. The molecule has 0 saturated heterocycles. The molecule has 0 aromatic heterocycles. The second kappa shape index (κ2) is 5.65. The molecule has 1 aromatic rings. The van der Waals surface area contributed by atoms with E-state index < -0.39 is 5.91 Å². The van der Waals surface area contributed by atoms with E-state index in [0.29, 0.717) is 5.56 Å². The van der Waals surface area contributed by atoms with Gasteiger partial charge in [0.2, 0.25) is 11.9 Å². The summed E-state index contributed by atoms with van der Waals surface area (Å²) >= 11 is 0. The molecule has 1 rings (SSSR count). The van der Waals surface area contributed by atoms with Crippen LogP contribution in [0.4, 0.5) is 0 Å². The molecule has 0 saturated carbocycles. The number of rotatable bonds is 2. The van der Waals surface area contributed by atoms with Crippen LogP contribution in [-0.4, -0.2) is 17.8 Å². The normalized spacial score (nSPS) is 9.31. The van der Waals surface area contributed by atoms with E-state index >= 15 is 0 Å². The lowest BCUT2D eigenvalue weighted by atomic mass is 10.2. The predicted octanol–water partition coefficient (Wildman–Crippen LogP) is 0.877. The molecule has 2 amide bonds. The van der Waals surface area contributed by atoms with E-state index in [1.54, 1.807) is 37.3 Å². The van der Waals surface area contributed by atoms with E-state index in [0.717, 1.165) is 0 Å². The summed E-state index contributed by atoms with van der Waals surface area (Å²) in [7, 11) is 0. The topological polar surface area (TPSA) is 82.1 Å². The average molecular weight is 219 g/mol. The average Bonchev–Trinajstić information content (AvgIpc) is 2.29. The molecule has 0 aliphatic heterocycles. The molecule has 0 fully saturated rings. The van der Waals surface area contributed by atoms with Crippen molar-refractivity contribution in [1.82, 2.24) is 10.6 Å². The molecule has 0 atom stereocenters. The predicted molar refractivity (Wildman–Crippen MR) is 60.1 cm³/mol. The SMILES string of the molecule is CCC(=O)NC(=N)NC(=O)c1ccccc1. The Labute approximate surface area is 93.4 Å². The van der Waals surface area contributed by atoms with E-state index in [1.165, 1.54) is 0 Å². The number of carbonyl (C=O) groups is 2. The number of benzene rings is 1. The largest absolute Gasteiger partial charge is 0.297 e. The van der Waals surface area contributed by atoms with Gasteiger partial charge >= 0.3 is 0 Å². The van der Waals surface area contributed by atoms with Gasteiger partial charge in [-0.05, 0) is 12.1 Å². The van der Waals surface area contributed by atoms with Crippen LogP contribution >= 0.6 is 0 Å². The summed E-state index contributed by atoms with van der Waals surface area (Å²) in [5.74, 6) is -1.03. The van der Waals surface area contributed by atoms with E-state index in [2.05, 4.69) is 10.6 Å². The fourth-order valence-corrected chi connectivity index (χ4v) is 1.03. The van der Waals surface area contributed by atoms with Gasteiger partial charge in [0.15, 0.2) is 0 Å². The lowest BCUT2D eigenvalue weighted by Gasteiger charge is -2.07. The first kappa shape index (κ1) is 11.9. The molecule has 5 nitrogen and oxygen atoms in total. The Kier molecular flexibility index (Phi) is 4.20. The third-order valence-electron chi connectivity index (χ3n) is 1.86. The minimum absolute atomic E-state index is 0.267. The van der Waals surface area contributed by atoms with Crippen LogP contribution in [0.2, 0.25) is 0 Å². The standard InChI is InChI=1S/C11H13N3O2/c1-2-9(15)13-11(12)14-10(16)8-6-4-3-5-7-8/h3-7H,2H2,1H3,(H3,12,13,14,15,16). The highest BCUT2D eigenvalue weighted by Crippen LogP contribution is 1.97. The maximum absolute atomic E-state index is 11.5. The van der Waals surface area contributed by atoms with Crippen molar-refractivity contribution in [2.75, 3.05) is 0 Å². The molecular weight excluding hydrogens is 206 g/mol. The Balaban J connectivity index is 2.52. The number of amides is 2. The highest BCUT2D eigenvalue weighted by Gasteiger charge is 2.08. The second-order valence-corrected chi connectivity index (χ2v) is 3.10. The van der Waals surface area contributed by atoms with Gasteiger partial charge in [0, 0.05) is 12.0 Å². The van der Waals surface area contributed by atoms with Crippen LogP contribution in [0, 0.1) is 5.41 Å². The molecular formula is C11H13N3O2. The van der Waals surface area contributed by atoms with Gasteiger partial charge in [-0.15, -0.1) is 0 Å². The molecule has 0 heterocycles. The number of hydrogen-bond donors (Lipinski definition) is 3. The van der Waals surface area contributed by atoms with Crippen molar-refractivity contribution in [2.24, 2.45) is 0 Å². The quantitative estimate of drug-likeness (QED) is 0.509. The summed E-state index contributed by atoms with van der Waals surface area (Å²) in [6, 6.07) is 8.50. The van der Waals surface area contributed by atoms with Crippen LogP contribution in [-0.2, 0) is 4.79 Å². The Morgan fingerprint density at radius 1 is 1.19 bits per heavy atom. The first-order valence-electron chi connectivity index (χ1n) is 4.88.